The Labute approximate surface area is 101 Å². The SMILES string of the molecule is [B]C(C(=O)c1ccc(Cl)cc1Cl)C(C)C. The van der Waals surface area contributed by atoms with E-state index in [2.05, 4.69) is 0 Å². The Bertz CT molecular complexity index is 377. The summed E-state index contributed by atoms with van der Waals surface area (Å²) >= 11 is 11.6. The average molecular weight is 241 g/mol. The maximum atomic E-state index is 11.9. The topological polar surface area (TPSA) is 17.1 Å². The van der Waals surface area contributed by atoms with Crippen LogP contribution in [0, 0.1) is 5.92 Å². The highest BCUT2D eigenvalue weighted by molar-refractivity contribution is 6.38. The molecule has 78 valence electrons. The molecule has 0 saturated carbocycles. The van der Waals surface area contributed by atoms with Gasteiger partial charge in [0.1, 0.15) is 0 Å². The molecule has 1 unspecified atom stereocenters. The average Bonchev–Trinajstić information content (AvgIpc) is 2.15. The number of hydrogen-bond donors (Lipinski definition) is 0. The molecule has 0 aromatic heterocycles. The molecular weight excluding hydrogens is 230 g/mol. The first kappa shape index (κ1) is 12.6. The van der Waals surface area contributed by atoms with Crippen LogP contribution in [0.1, 0.15) is 24.2 Å². The van der Waals surface area contributed by atoms with Gasteiger partial charge in [-0.15, -0.1) is 0 Å². The smallest absolute Gasteiger partial charge is 0.159 e. The fraction of sp³-hybridized carbons (Fsp3) is 0.364. The summed E-state index contributed by atoms with van der Waals surface area (Å²) < 4.78 is 0. The summed E-state index contributed by atoms with van der Waals surface area (Å²) in [5, 5.41) is 0.860. The van der Waals surface area contributed by atoms with Gasteiger partial charge in [-0.05, 0) is 29.9 Å². The third-order valence-electron chi connectivity index (χ3n) is 2.22. The van der Waals surface area contributed by atoms with E-state index in [0.29, 0.717) is 15.6 Å². The molecule has 0 saturated heterocycles. The van der Waals surface area contributed by atoms with Crippen LogP contribution in [0.4, 0.5) is 0 Å². The zero-order valence-corrected chi connectivity index (χ0v) is 10.1. The van der Waals surface area contributed by atoms with Crippen molar-refractivity contribution in [3.05, 3.63) is 33.8 Å². The second kappa shape index (κ2) is 5.04. The van der Waals surface area contributed by atoms with Gasteiger partial charge in [-0.2, -0.15) is 0 Å². The van der Waals surface area contributed by atoms with Crippen molar-refractivity contribution in [1.82, 2.24) is 0 Å². The Morgan fingerprint density at radius 3 is 2.40 bits per heavy atom. The third kappa shape index (κ3) is 2.99. The van der Waals surface area contributed by atoms with Gasteiger partial charge in [0.15, 0.2) is 5.78 Å². The van der Waals surface area contributed by atoms with Crippen molar-refractivity contribution in [1.29, 1.82) is 0 Å². The molecule has 0 heterocycles. The summed E-state index contributed by atoms with van der Waals surface area (Å²) in [6.07, 6.45) is 0. The lowest BCUT2D eigenvalue weighted by molar-refractivity contribution is 0.0969. The second-order valence-corrected chi connectivity index (χ2v) is 4.60. The van der Waals surface area contributed by atoms with Gasteiger partial charge in [0.05, 0.1) is 12.9 Å². The van der Waals surface area contributed by atoms with Crippen LogP contribution < -0.4 is 0 Å². The lowest BCUT2D eigenvalue weighted by Gasteiger charge is -2.15. The van der Waals surface area contributed by atoms with Crippen molar-refractivity contribution < 1.29 is 4.79 Å². The maximum Gasteiger partial charge on any atom is 0.159 e. The van der Waals surface area contributed by atoms with Crippen LogP contribution in [0.3, 0.4) is 0 Å². The number of hydrogen-bond acceptors (Lipinski definition) is 1. The van der Waals surface area contributed by atoms with E-state index in [1.807, 2.05) is 13.8 Å². The van der Waals surface area contributed by atoms with E-state index in [-0.39, 0.29) is 11.7 Å². The Balaban J connectivity index is 3.01. The van der Waals surface area contributed by atoms with Gasteiger partial charge in [0, 0.05) is 10.6 Å². The molecule has 1 aromatic carbocycles. The van der Waals surface area contributed by atoms with Crippen LogP contribution in [0.5, 0.6) is 0 Å². The van der Waals surface area contributed by atoms with E-state index in [4.69, 9.17) is 31.0 Å². The van der Waals surface area contributed by atoms with Crippen molar-refractivity contribution in [3.63, 3.8) is 0 Å². The predicted molar refractivity (Wildman–Crippen MR) is 65.1 cm³/mol. The number of carbonyl (C=O) groups excluding carboxylic acids is 1. The van der Waals surface area contributed by atoms with E-state index in [9.17, 15) is 4.79 Å². The Hall–Kier alpha value is -0.465. The highest BCUT2D eigenvalue weighted by atomic mass is 35.5. The standard InChI is InChI=1S/C11H11BCl2O/c1-6(2)10(12)11(15)8-4-3-7(13)5-9(8)14/h3-6,10H,1-2H3. The van der Waals surface area contributed by atoms with Crippen LogP contribution in [0.25, 0.3) is 0 Å². The van der Waals surface area contributed by atoms with Crippen LogP contribution in [0.2, 0.25) is 15.9 Å². The van der Waals surface area contributed by atoms with Gasteiger partial charge in [-0.1, -0.05) is 37.0 Å². The molecule has 0 aliphatic carbocycles. The lowest BCUT2D eigenvalue weighted by Crippen LogP contribution is -2.15. The van der Waals surface area contributed by atoms with E-state index in [1.165, 1.54) is 0 Å². The molecule has 4 heteroatoms. The summed E-state index contributed by atoms with van der Waals surface area (Å²) in [7, 11) is 5.76. The largest absolute Gasteiger partial charge is 0.295 e. The van der Waals surface area contributed by atoms with Crippen molar-refractivity contribution in [2.24, 2.45) is 5.92 Å². The normalized spacial score (nSPS) is 12.9. The van der Waals surface area contributed by atoms with Crippen molar-refractivity contribution >= 4 is 36.8 Å². The minimum absolute atomic E-state index is 0.0873. The number of carbonyl (C=O) groups is 1. The van der Waals surface area contributed by atoms with Gasteiger partial charge in [0.2, 0.25) is 0 Å². The molecule has 0 fully saturated rings. The summed E-state index contributed by atoms with van der Waals surface area (Å²) in [4.78, 5) is 11.9. The molecule has 1 atom stereocenters. The highest BCUT2D eigenvalue weighted by Gasteiger charge is 2.20. The Morgan fingerprint density at radius 1 is 1.33 bits per heavy atom. The van der Waals surface area contributed by atoms with E-state index in [1.54, 1.807) is 18.2 Å². The molecule has 0 bridgehead atoms. The quantitative estimate of drug-likeness (QED) is 0.581. The van der Waals surface area contributed by atoms with Crippen LogP contribution in [-0.2, 0) is 0 Å². The molecule has 15 heavy (non-hydrogen) atoms. The first-order chi connectivity index (χ1) is 6.93. The number of halogens is 2. The third-order valence-corrected chi connectivity index (χ3v) is 2.77. The van der Waals surface area contributed by atoms with Gasteiger partial charge in [-0.3, -0.25) is 4.79 Å². The lowest BCUT2D eigenvalue weighted by atomic mass is 9.73. The monoisotopic (exact) mass is 240 g/mol. The molecule has 2 radical (unpaired) electrons. The van der Waals surface area contributed by atoms with E-state index >= 15 is 0 Å². The molecular formula is C11H11BCl2O. The molecule has 1 aromatic rings. The van der Waals surface area contributed by atoms with Gasteiger partial charge in [0.25, 0.3) is 0 Å². The van der Waals surface area contributed by atoms with Crippen molar-refractivity contribution in [2.45, 2.75) is 19.7 Å². The molecule has 0 amide bonds. The highest BCUT2D eigenvalue weighted by Crippen LogP contribution is 2.26. The van der Waals surface area contributed by atoms with Gasteiger partial charge >= 0.3 is 0 Å². The molecule has 0 N–H and O–H groups in total. The van der Waals surface area contributed by atoms with Crippen molar-refractivity contribution in [2.75, 3.05) is 0 Å². The summed E-state index contributed by atoms with van der Waals surface area (Å²) in [6.45, 7) is 3.79. The Kier molecular flexibility index (Phi) is 4.24. The summed E-state index contributed by atoms with van der Waals surface area (Å²) in [5.74, 6) is -0.584. The number of ketones is 1. The minimum atomic E-state index is -0.524. The fourth-order valence-corrected chi connectivity index (χ4v) is 1.67. The van der Waals surface area contributed by atoms with Gasteiger partial charge < -0.3 is 0 Å². The molecule has 1 rings (SSSR count). The van der Waals surface area contributed by atoms with Crippen LogP contribution in [-0.4, -0.2) is 13.6 Å². The molecule has 1 nitrogen and oxygen atoms in total. The van der Waals surface area contributed by atoms with Gasteiger partial charge in [-0.25, -0.2) is 0 Å². The minimum Gasteiger partial charge on any atom is -0.295 e. The molecule has 0 aliphatic heterocycles. The first-order valence-corrected chi connectivity index (χ1v) is 5.44. The maximum absolute atomic E-state index is 11.9. The second-order valence-electron chi connectivity index (χ2n) is 3.76. The summed E-state index contributed by atoms with van der Waals surface area (Å²) in [6, 6.07) is 4.78. The number of rotatable bonds is 3. The predicted octanol–water partition coefficient (Wildman–Crippen LogP) is 3.79. The fourth-order valence-electron chi connectivity index (χ4n) is 1.17. The zero-order valence-electron chi connectivity index (χ0n) is 8.63. The molecule has 0 spiro atoms. The van der Waals surface area contributed by atoms with Crippen molar-refractivity contribution in [3.8, 4) is 0 Å². The zero-order chi connectivity index (χ0) is 11.6. The molecule has 0 aliphatic rings. The Morgan fingerprint density at radius 2 is 1.93 bits per heavy atom. The first-order valence-electron chi connectivity index (χ1n) is 4.68. The van der Waals surface area contributed by atoms with E-state index < -0.39 is 5.82 Å². The number of Topliss-reactive ketones (excluding diaryl/α,β-unsaturated/α-hetero) is 1. The summed E-state index contributed by atoms with van der Waals surface area (Å²) in [5.41, 5.74) is 0.433. The van der Waals surface area contributed by atoms with Crippen LogP contribution in [0.15, 0.2) is 18.2 Å². The van der Waals surface area contributed by atoms with E-state index in [0.717, 1.165) is 0 Å². The number of benzene rings is 1. The van der Waals surface area contributed by atoms with Crippen LogP contribution >= 0.6 is 23.2 Å².